The van der Waals surface area contributed by atoms with Gasteiger partial charge in [0.05, 0.1) is 0 Å². The lowest BCUT2D eigenvalue weighted by molar-refractivity contribution is -0.116. The molecule has 4 rings (SSSR count). The van der Waals surface area contributed by atoms with Crippen LogP contribution in [-0.2, 0) is 24.2 Å². The van der Waals surface area contributed by atoms with E-state index < -0.39 is 0 Å². The molecule has 1 heterocycles. The van der Waals surface area contributed by atoms with Crippen molar-refractivity contribution in [2.75, 3.05) is 18.4 Å². The quantitative estimate of drug-likeness (QED) is 0.390. The van der Waals surface area contributed by atoms with Crippen molar-refractivity contribution in [1.29, 1.82) is 0 Å². The molecule has 0 saturated heterocycles. The molecule has 0 bridgehead atoms. The Bertz CT molecular complexity index is 999. The zero-order valence-electron chi connectivity index (χ0n) is 21.0. The molecule has 4 heteroatoms. The zero-order chi connectivity index (χ0) is 23.9. The molecule has 0 aromatic heterocycles. The van der Waals surface area contributed by atoms with Crippen LogP contribution in [0.4, 0.5) is 5.69 Å². The summed E-state index contributed by atoms with van der Waals surface area (Å²) < 4.78 is 0. The molecule has 0 spiro atoms. The third-order valence-corrected chi connectivity index (χ3v) is 7.56. The van der Waals surface area contributed by atoms with Gasteiger partial charge in [0.25, 0.3) is 0 Å². The Hall–Kier alpha value is -2.46. The molecule has 1 N–H and O–H groups in total. The van der Waals surface area contributed by atoms with E-state index in [9.17, 15) is 9.59 Å². The van der Waals surface area contributed by atoms with E-state index in [-0.39, 0.29) is 11.8 Å². The van der Waals surface area contributed by atoms with Crippen LogP contribution < -0.4 is 5.32 Å². The van der Waals surface area contributed by atoms with Crippen LogP contribution in [0, 0.1) is 12.8 Å². The van der Waals surface area contributed by atoms with E-state index in [1.54, 1.807) is 0 Å². The summed E-state index contributed by atoms with van der Waals surface area (Å²) in [5.74, 6) is 0.373. The van der Waals surface area contributed by atoms with Crippen LogP contribution in [0.3, 0.4) is 0 Å². The number of rotatable bonds is 11. The summed E-state index contributed by atoms with van der Waals surface area (Å²) in [6.45, 7) is 7.09. The molecule has 1 aliphatic heterocycles. The number of nitrogens with zero attached hydrogens (tertiary/aromatic N) is 1. The first-order valence-electron chi connectivity index (χ1n) is 13.3. The van der Waals surface area contributed by atoms with Gasteiger partial charge in [-0.1, -0.05) is 69.4 Å². The first-order valence-corrected chi connectivity index (χ1v) is 13.3. The molecule has 1 atom stereocenters. The van der Waals surface area contributed by atoms with Crippen LogP contribution in [0.2, 0.25) is 0 Å². The molecule has 0 saturated carbocycles. The number of aryl methyl sites for hydroxylation is 1. The Kier molecular flexibility index (Phi) is 8.55. The van der Waals surface area contributed by atoms with Crippen LogP contribution in [0.1, 0.15) is 90.9 Å². The van der Waals surface area contributed by atoms with Crippen molar-refractivity contribution in [3.05, 3.63) is 64.2 Å². The second-order valence-corrected chi connectivity index (χ2v) is 10.2. The maximum Gasteiger partial charge on any atom is 0.224 e. The average molecular weight is 461 g/mol. The van der Waals surface area contributed by atoms with Gasteiger partial charge >= 0.3 is 0 Å². The predicted molar refractivity (Wildman–Crippen MR) is 139 cm³/mol. The molecule has 2 aliphatic rings. The summed E-state index contributed by atoms with van der Waals surface area (Å²) >= 11 is 0. The Labute approximate surface area is 205 Å². The summed E-state index contributed by atoms with van der Waals surface area (Å²) in [6, 6.07) is 12.7. The Morgan fingerprint density at radius 1 is 0.941 bits per heavy atom. The molecule has 0 fully saturated rings. The fraction of sp³-hybridized carbons (Fsp3) is 0.533. The molecule has 182 valence electrons. The number of fused-ring (bicyclic) bond motifs is 3. The number of unbranched alkanes of at least 4 members (excludes halogenated alkanes) is 5. The van der Waals surface area contributed by atoms with Crippen molar-refractivity contribution < 1.29 is 9.59 Å². The summed E-state index contributed by atoms with van der Waals surface area (Å²) in [5, 5.41) is 3.01. The third kappa shape index (κ3) is 5.96. The van der Waals surface area contributed by atoms with Gasteiger partial charge in [-0.2, -0.15) is 0 Å². The van der Waals surface area contributed by atoms with Crippen molar-refractivity contribution in [2.24, 2.45) is 5.92 Å². The Morgan fingerprint density at radius 2 is 1.71 bits per heavy atom. The highest BCUT2D eigenvalue weighted by Gasteiger charge is 2.34. The van der Waals surface area contributed by atoms with Crippen molar-refractivity contribution in [3.8, 4) is 0 Å². The summed E-state index contributed by atoms with van der Waals surface area (Å²) in [5.41, 5.74) is 6.51. The van der Waals surface area contributed by atoms with Gasteiger partial charge in [0.15, 0.2) is 5.78 Å². The number of hydrogen-bond acceptors (Lipinski definition) is 3. The van der Waals surface area contributed by atoms with Crippen molar-refractivity contribution in [1.82, 2.24) is 4.90 Å². The van der Waals surface area contributed by atoms with Crippen molar-refractivity contribution in [2.45, 2.75) is 84.6 Å². The summed E-state index contributed by atoms with van der Waals surface area (Å²) in [4.78, 5) is 28.3. The number of amides is 1. The van der Waals surface area contributed by atoms with Gasteiger partial charge in [0.2, 0.25) is 5.91 Å². The minimum absolute atomic E-state index is 0.0276. The smallest absolute Gasteiger partial charge is 0.224 e. The Morgan fingerprint density at radius 3 is 2.50 bits per heavy atom. The number of Topliss-reactive ketones (excluding diaryl/α,β-unsaturated/α-hetero) is 1. The minimum atomic E-state index is 0.0276. The highest BCUT2D eigenvalue weighted by molar-refractivity contribution is 6.05. The van der Waals surface area contributed by atoms with Crippen LogP contribution in [0.5, 0.6) is 0 Å². The zero-order valence-corrected chi connectivity index (χ0v) is 21.0. The van der Waals surface area contributed by atoms with E-state index in [0.717, 1.165) is 54.9 Å². The number of hydrogen-bond donors (Lipinski definition) is 1. The topological polar surface area (TPSA) is 49.4 Å². The Balaban J connectivity index is 1.48. The minimum Gasteiger partial charge on any atom is -0.326 e. The van der Waals surface area contributed by atoms with Gasteiger partial charge in [-0.25, -0.2) is 0 Å². The normalized spacial score (nSPS) is 17.4. The van der Waals surface area contributed by atoms with E-state index in [0.29, 0.717) is 18.6 Å². The monoisotopic (exact) mass is 460 g/mol. The van der Waals surface area contributed by atoms with Crippen LogP contribution in [0.15, 0.2) is 36.4 Å². The van der Waals surface area contributed by atoms with Crippen LogP contribution in [0.25, 0.3) is 0 Å². The van der Waals surface area contributed by atoms with E-state index >= 15 is 0 Å². The van der Waals surface area contributed by atoms with E-state index in [2.05, 4.69) is 60.5 Å². The van der Waals surface area contributed by atoms with Gasteiger partial charge in [0, 0.05) is 36.7 Å². The highest BCUT2D eigenvalue weighted by atomic mass is 16.1. The van der Waals surface area contributed by atoms with Gasteiger partial charge in [0.1, 0.15) is 0 Å². The van der Waals surface area contributed by atoms with Crippen LogP contribution >= 0.6 is 0 Å². The molecule has 2 aromatic rings. The lowest BCUT2D eigenvalue weighted by Crippen LogP contribution is -2.37. The van der Waals surface area contributed by atoms with Gasteiger partial charge < -0.3 is 5.32 Å². The number of benzene rings is 2. The number of anilines is 1. The first-order chi connectivity index (χ1) is 16.6. The molecule has 0 radical (unpaired) electrons. The molecular weight excluding hydrogens is 420 g/mol. The van der Waals surface area contributed by atoms with E-state index in [4.69, 9.17) is 0 Å². The third-order valence-electron chi connectivity index (χ3n) is 7.56. The second-order valence-electron chi connectivity index (χ2n) is 10.2. The molecule has 1 unspecified atom stereocenters. The predicted octanol–water partition coefficient (Wildman–Crippen LogP) is 6.49. The van der Waals surface area contributed by atoms with Gasteiger partial charge in [-0.15, -0.1) is 0 Å². The molecule has 1 amide bonds. The molecule has 2 aromatic carbocycles. The standard InChI is InChI=1S/C30H40N2O2/c1-3-4-5-6-7-11-18-32(20-23-12-9-8-10-13-23)21-24-14-15-25-22(2)19-27-26(29(25)30(24)34)16-17-28(33)31-27/h8-10,12-13,19,24H,3-7,11,14-18,20-21H2,1-2H3,(H,31,33). The van der Waals surface area contributed by atoms with Crippen molar-refractivity contribution >= 4 is 17.4 Å². The fourth-order valence-electron chi connectivity index (χ4n) is 5.68. The number of carbonyl (C=O) groups excluding carboxylic acids is 2. The molecule has 34 heavy (non-hydrogen) atoms. The van der Waals surface area contributed by atoms with E-state index in [1.165, 1.54) is 49.7 Å². The lowest BCUT2D eigenvalue weighted by atomic mass is 9.76. The van der Waals surface area contributed by atoms with Crippen LogP contribution in [-0.4, -0.2) is 29.7 Å². The summed E-state index contributed by atoms with van der Waals surface area (Å²) in [7, 11) is 0. The molecule has 4 nitrogen and oxygen atoms in total. The first kappa shape index (κ1) is 24.7. The molecule has 1 aliphatic carbocycles. The lowest BCUT2D eigenvalue weighted by Gasteiger charge is -2.33. The maximum absolute atomic E-state index is 13.8. The van der Waals surface area contributed by atoms with Gasteiger partial charge in [-0.3, -0.25) is 14.5 Å². The number of carbonyl (C=O) groups is 2. The SMILES string of the molecule is CCCCCCCCN(Cc1ccccc1)CC1CCc2c(C)cc3c(c2C1=O)CCC(=O)N3. The summed E-state index contributed by atoms with van der Waals surface area (Å²) in [6.07, 6.45) is 10.7. The number of nitrogens with one attached hydrogen (secondary N) is 1. The maximum atomic E-state index is 13.8. The number of ketones is 1. The van der Waals surface area contributed by atoms with Crippen molar-refractivity contribution in [3.63, 3.8) is 0 Å². The molecular formula is C30H40N2O2. The largest absolute Gasteiger partial charge is 0.326 e. The highest BCUT2D eigenvalue weighted by Crippen LogP contribution is 2.37. The van der Waals surface area contributed by atoms with Gasteiger partial charge in [-0.05, 0) is 67.5 Å². The average Bonchev–Trinajstić information content (AvgIpc) is 2.83. The van der Waals surface area contributed by atoms with E-state index in [1.807, 2.05) is 0 Å². The second kappa shape index (κ2) is 11.8. The fourth-order valence-corrected chi connectivity index (χ4v) is 5.68.